The number of benzene rings is 1. The molecule has 1 aliphatic rings. The maximum Gasteiger partial charge on any atom is 0.319 e. The van der Waals surface area contributed by atoms with E-state index >= 15 is 0 Å². The summed E-state index contributed by atoms with van der Waals surface area (Å²) in [6.45, 7) is 1.72. The molecule has 0 aliphatic carbocycles. The quantitative estimate of drug-likeness (QED) is 0.877. The van der Waals surface area contributed by atoms with Crippen LogP contribution in [0.4, 0.5) is 4.79 Å². The highest BCUT2D eigenvalue weighted by Gasteiger charge is 2.31. The van der Waals surface area contributed by atoms with Gasteiger partial charge in [0.25, 0.3) is 5.91 Å². The van der Waals surface area contributed by atoms with Crippen molar-refractivity contribution in [1.82, 2.24) is 15.5 Å². The number of rotatable bonds is 2. The molecule has 1 heterocycles. The zero-order valence-electron chi connectivity index (χ0n) is 11.5. The summed E-state index contributed by atoms with van der Waals surface area (Å²) in [5.74, 6) is -0.144. The van der Waals surface area contributed by atoms with Gasteiger partial charge in [-0.05, 0) is 24.6 Å². The Morgan fingerprint density at radius 3 is 2.40 bits per heavy atom. The lowest BCUT2D eigenvalue weighted by molar-refractivity contribution is -0.125. The number of carbonyl (C=O) groups is 2. The zero-order valence-corrected chi connectivity index (χ0v) is 12.3. The van der Waals surface area contributed by atoms with E-state index in [1.807, 2.05) is 0 Å². The standard InChI is InChI=1S/C14H16ClN3O2/c1-8-11(13(19)18(2)3)12(17-14(20)16-8)9-4-6-10(15)7-5-9/h4-7,12H,1-3H3,(H2,16,17,20)/t12-/m0/s1. The van der Waals surface area contributed by atoms with Crippen LogP contribution in [0, 0.1) is 0 Å². The van der Waals surface area contributed by atoms with Crippen molar-refractivity contribution in [3.8, 4) is 0 Å². The lowest BCUT2D eigenvalue weighted by atomic mass is 9.94. The van der Waals surface area contributed by atoms with Crippen LogP contribution in [0.2, 0.25) is 5.02 Å². The highest BCUT2D eigenvalue weighted by molar-refractivity contribution is 6.30. The minimum Gasteiger partial charge on any atom is -0.345 e. The molecule has 0 aromatic heterocycles. The molecule has 2 rings (SSSR count). The Kier molecular flexibility index (Phi) is 3.99. The van der Waals surface area contributed by atoms with Gasteiger partial charge in [-0.3, -0.25) is 4.79 Å². The first-order chi connectivity index (χ1) is 9.40. The lowest BCUT2D eigenvalue weighted by Gasteiger charge is -2.30. The molecule has 20 heavy (non-hydrogen) atoms. The van der Waals surface area contributed by atoms with Gasteiger partial charge in [0.1, 0.15) is 0 Å². The Bertz CT molecular complexity index is 579. The van der Waals surface area contributed by atoms with Crippen LogP contribution in [0.25, 0.3) is 0 Å². The van der Waals surface area contributed by atoms with Crippen LogP contribution >= 0.6 is 11.6 Å². The molecule has 106 valence electrons. The summed E-state index contributed by atoms with van der Waals surface area (Å²) in [7, 11) is 3.36. The predicted molar refractivity (Wildman–Crippen MR) is 77.3 cm³/mol. The molecular formula is C14H16ClN3O2. The van der Waals surface area contributed by atoms with Gasteiger partial charge < -0.3 is 15.5 Å². The van der Waals surface area contributed by atoms with Crippen LogP contribution in [0.15, 0.2) is 35.5 Å². The number of likely N-dealkylation sites (N-methyl/N-ethyl adjacent to an activating group) is 1. The Labute approximate surface area is 122 Å². The van der Waals surface area contributed by atoms with Crippen molar-refractivity contribution < 1.29 is 9.59 Å². The van der Waals surface area contributed by atoms with Gasteiger partial charge in [0.15, 0.2) is 0 Å². The summed E-state index contributed by atoms with van der Waals surface area (Å²) in [5.41, 5.74) is 1.90. The van der Waals surface area contributed by atoms with E-state index in [9.17, 15) is 9.59 Å². The summed E-state index contributed by atoms with van der Waals surface area (Å²) in [6.07, 6.45) is 0. The minimum absolute atomic E-state index is 0.144. The van der Waals surface area contributed by atoms with Crippen molar-refractivity contribution in [2.24, 2.45) is 0 Å². The average Bonchev–Trinajstić information content (AvgIpc) is 2.38. The van der Waals surface area contributed by atoms with Gasteiger partial charge in [-0.1, -0.05) is 23.7 Å². The first kappa shape index (κ1) is 14.4. The maximum atomic E-state index is 12.3. The van der Waals surface area contributed by atoms with Crippen molar-refractivity contribution >= 4 is 23.5 Å². The first-order valence-electron chi connectivity index (χ1n) is 6.15. The Hall–Kier alpha value is -2.01. The zero-order chi connectivity index (χ0) is 14.9. The Morgan fingerprint density at radius 2 is 1.85 bits per heavy atom. The van der Waals surface area contributed by atoms with Gasteiger partial charge in [-0.15, -0.1) is 0 Å². The summed E-state index contributed by atoms with van der Waals surface area (Å²) in [4.78, 5) is 25.5. The molecule has 2 N–H and O–H groups in total. The molecule has 0 unspecified atom stereocenters. The Balaban J connectivity index is 2.47. The van der Waals surface area contributed by atoms with Gasteiger partial charge in [-0.2, -0.15) is 0 Å². The average molecular weight is 294 g/mol. The summed E-state index contributed by atoms with van der Waals surface area (Å²) in [5, 5.41) is 6.01. The number of hydrogen-bond donors (Lipinski definition) is 2. The van der Waals surface area contributed by atoms with Crippen LogP contribution in [0.3, 0.4) is 0 Å². The van der Waals surface area contributed by atoms with Crippen molar-refractivity contribution in [3.63, 3.8) is 0 Å². The highest BCUT2D eigenvalue weighted by atomic mass is 35.5. The molecule has 1 aromatic rings. The van der Waals surface area contributed by atoms with E-state index in [1.54, 1.807) is 45.3 Å². The second kappa shape index (κ2) is 5.54. The third kappa shape index (κ3) is 2.77. The summed E-state index contributed by atoms with van der Waals surface area (Å²) < 4.78 is 0. The molecule has 0 radical (unpaired) electrons. The fourth-order valence-electron chi connectivity index (χ4n) is 2.12. The number of carbonyl (C=O) groups excluding carboxylic acids is 2. The van der Waals surface area contributed by atoms with Gasteiger partial charge in [-0.25, -0.2) is 4.79 Å². The number of urea groups is 1. The highest BCUT2D eigenvalue weighted by Crippen LogP contribution is 2.28. The number of allylic oxidation sites excluding steroid dienone is 1. The molecule has 0 saturated carbocycles. The van der Waals surface area contributed by atoms with Gasteiger partial charge in [0.05, 0.1) is 11.6 Å². The molecule has 1 aromatic carbocycles. The SMILES string of the molecule is CC1=C(C(=O)N(C)C)[C@H](c2ccc(Cl)cc2)NC(=O)N1. The van der Waals surface area contributed by atoms with Gasteiger partial charge in [0, 0.05) is 24.8 Å². The second-order valence-electron chi connectivity index (χ2n) is 4.82. The number of halogens is 1. The van der Waals surface area contributed by atoms with Crippen molar-refractivity contribution in [2.45, 2.75) is 13.0 Å². The third-order valence-electron chi connectivity index (χ3n) is 3.11. The smallest absolute Gasteiger partial charge is 0.319 e. The second-order valence-corrected chi connectivity index (χ2v) is 5.26. The topological polar surface area (TPSA) is 61.4 Å². The number of nitrogens with zero attached hydrogens (tertiary/aromatic N) is 1. The van der Waals surface area contributed by atoms with Gasteiger partial charge in [0.2, 0.25) is 0 Å². The number of nitrogens with one attached hydrogen (secondary N) is 2. The van der Waals surface area contributed by atoms with E-state index in [-0.39, 0.29) is 11.9 Å². The van der Waals surface area contributed by atoms with Crippen LogP contribution in [0.1, 0.15) is 18.5 Å². The van der Waals surface area contributed by atoms with Crippen LogP contribution < -0.4 is 10.6 Å². The molecule has 0 bridgehead atoms. The summed E-state index contributed by atoms with van der Waals surface area (Å²) in [6, 6.07) is 6.27. The fraction of sp³-hybridized carbons (Fsp3) is 0.286. The van der Waals surface area contributed by atoms with E-state index in [4.69, 9.17) is 11.6 Å². The largest absolute Gasteiger partial charge is 0.345 e. The normalized spacial score (nSPS) is 18.4. The van der Waals surface area contributed by atoms with E-state index in [0.717, 1.165) is 5.56 Å². The van der Waals surface area contributed by atoms with E-state index in [0.29, 0.717) is 16.3 Å². The molecule has 0 fully saturated rings. The Morgan fingerprint density at radius 1 is 1.25 bits per heavy atom. The van der Waals surface area contributed by atoms with Crippen LogP contribution in [-0.4, -0.2) is 30.9 Å². The number of hydrogen-bond acceptors (Lipinski definition) is 2. The summed E-state index contributed by atoms with van der Waals surface area (Å²) >= 11 is 5.87. The van der Waals surface area contributed by atoms with Gasteiger partial charge >= 0.3 is 6.03 Å². The molecule has 1 aliphatic heterocycles. The molecule has 0 saturated heterocycles. The minimum atomic E-state index is -0.476. The third-order valence-corrected chi connectivity index (χ3v) is 3.36. The molecule has 5 nitrogen and oxygen atoms in total. The molecular weight excluding hydrogens is 278 g/mol. The molecule has 0 spiro atoms. The maximum absolute atomic E-state index is 12.3. The van der Waals surface area contributed by atoms with Crippen molar-refractivity contribution in [2.75, 3.05) is 14.1 Å². The molecule has 3 amide bonds. The van der Waals surface area contributed by atoms with E-state index < -0.39 is 6.04 Å². The predicted octanol–water partition coefficient (Wildman–Crippen LogP) is 2.06. The fourth-order valence-corrected chi connectivity index (χ4v) is 2.25. The number of amides is 3. The first-order valence-corrected chi connectivity index (χ1v) is 6.53. The monoisotopic (exact) mass is 293 g/mol. The van der Waals surface area contributed by atoms with E-state index in [2.05, 4.69) is 10.6 Å². The van der Waals surface area contributed by atoms with Crippen molar-refractivity contribution in [3.05, 3.63) is 46.1 Å². The van der Waals surface area contributed by atoms with Crippen LogP contribution in [-0.2, 0) is 4.79 Å². The van der Waals surface area contributed by atoms with Crippen LogP contribution in [0.5, 0.6) is 0 Å². The lowest BCUT2D eigenvalue weighted by Crippen LogP contribution is -2.46. The van der Waals surface area contributed by atoms with E-state index in [1.165, 1.54) is 4.90 Å². The van der Waals surface area contributed by atoms with Crippen molar-refractivity contribution in [1.29, 1.82) is 0 Å². The molecule has 1 atom stereocenters. The molecule has 6 heteroatoms.